The van der Waals surface area contributed by atoms with E-state index in [4.69, 9.17) is 4.74 Å². The Kier molecular flexibility index (Phi) is 5.40. The van der Waals surface area contributed by atoms with Crippen LogP contribution in [0.1, 0.15) is 90.2 Å². The van der Waals surface area contributed by atoms with Crippen LogP contribution in [-0.4, -0.2) is 18.5 Å². The van der Waals surface area contributed by atoms with Gasteiger partial charge in [0.15, 0.2) is 0 Å². The van der Waals surface area contributed by atoms with Crippen LogP contribution in [0.25, 0.3) is 0 Å². The van der Waals surface area contributed by atoms with E-state index >= 15 is 0 Å². The molecule has 34 heavy (non-hydrogen) atoms. The Labute approximate surface area is 206 Å². The Morgan fingerprint density at radius 3 is 2.47 bits per heavy atom. The number of carbonyl (C=O) groups is 2. The SMILES string of the molecule is CCOC(=O)c1c(NC(=O)C23CC4CC(C2)CC(c2ccc(C)cc2)(C4)C3)sc2c1CCCC2. The maximum atomic E-state index is 14.1. The van der Waals surface area contributed by atoms with Crippen molar-refractivity contribution >= 4 is 28.2 Å². The molecule has 5 aliphatic rings. The predicted molar refractivity (Wildman–Crippen MR) is 136 cm³/mol. The maximum absolute atomic E-state index is 14.1. The molecule has 4 bridgehead atoms. The Morgan fingerprint density at radius 2 is 1.76 bits per heavy atom. The molecule has 0 spiro atoms. The zero-order chi connectivity index (χ0) is 23.5. The molecular formula is C29H35NO3S. The first-order valence-corrected chi connectivity index (χ1v) is 13.9. The van der Waals surface area contributed by atoms with E-state index in [0.29, 0.717) is 24.0 Å². The minimum Gasteiger partial charge on any atom is -0.462 e. The second-order valence-electron chi connectivity index (χ2n) is 11.5. The average molecular weight is 478 g/mol. The van der Waals surface area contributed by atoms with Gasteiger partial charge in [-0.2, -0.15) is 0 Å². The monoisotopic (exact) mass is 477 g/mol. The quantitative estimate of drug-likeness (QED) is 0.494. The van der Waals surface area contributed by atoms with E-state index in [1.165, 1.54) is 35.3 Å². The number of esters is 1. The normalized spacial score (nSPS) is 31.2. The summed E-state index contributed by atoms with van der Waals surface area (Å²) in [6.07, 6.45) is 10.7. The first-order valence-electron chi connectivity index (χ1n) is 13.1. The van der Waals surface area contributed by atoms with E-state index in [1.807, 2.05) is 6.92 Å². The second-order valence-corrected chi connectivity index (χ2v) is 12.6. The maximum Gasteiger partial charge on any atom is 0.341 e. The first kappa shape index (κ1) is 22.3. The highest BCUT2D eigenvalue weighted by Crippen LogP contribution is 2.66. The van der Waals surface area contributed by atoms with Gasteiger partial charge >= 0.3 is 5.97 Å². The molecule has 0 saturated heterocycles. The smallest absolute Gasteiger partial charge is 0.341 e. The number of amides is 1. The Balaban J connectivity index is 1.33. The lowest BCUT2D eigenvalue weighted by molar-refractivity contribution is -0.143. The lowest BCUT2D eigenvalue weighted by Gasteiger charge is -2.61. The lowest BCUT2D eigenvalue weighted by atomic mass is 9.42. The Bertz CT molecular complexity index is 1120. The molecular weight excluding hydrogens is 442 g/mol. The number of nitrogens with one attached hydrogen (secondary N) is 1. The molecule has 180 valence electrons. The largest absolute Gasteiger partial charge is 0.462 e. The van der Waals surface area contributed by atoms with Crippen LogP contribution in [-0.2, 0) is 27.8 Å². The van der Waals surface area contributed by atoms with Gasteiger partial charge in [-0.3, -0.25) is 4.79 Å². The highest BCUT2D eigenvalue weighted by atomic mass is 32.1. The van der Waals surface area contributed by atoms with Crippen LogP contribution in [0.4, 0.5) is 5.00 Å². The molecule has 4 fully saturated rings. The van der Waals surface area contributed by atoms with Crippen molar-refractivity contribution in [3.05, 3.63) is 51.4 Å². The molecule has 0 radical (unpaired) electrons. The van der Waals surface area contributed by atoms with Gasteiger partial charge in [0.1, 0.15) is 5.00 Å². The van der Waals surface area contributed by atoms with Gasteiger partial charge in [-0.05, 0) is 106 Å². The standard InChI is InChI=1S/C29H35NO3S/c1-3-33-26(31)24-22-6-4-5-7-23(22)34-25(24)30-27(32)29-15-19-12-20(16-29)14-28(13-19,17-29)21-10-8-18(2)9-11-21/h8-11,19-20H,3-7,12-17H2,1-2H3,(H,30,32). The minimum atomic E-state index is -0.328. The van der Waals surface area contributed by atoms with Gasteiger partial charge in [0, 0.05) is 4.88 Å². The number of fused-ring (bicyclic) bond motifs is 1. The molecule has 4 saturated carbocycles. The summed E-state index contributed by atoms with van der Waals surface area (Å²) < 4.78 is 5.42. The zero-order valence-electron chi connectivity index (χ0n) is 20.4. The van der Waals surface area contributed by atoms with Crippen molar-refractivity contribution in [2.75, 3.05) is 11.9 Å². The highest BCUT2D eigenvalue weighted by Gasteiger charge is 2.61. The number of anilines is 1. The van der Waals surface area contributed by atoms with Crippen molar-refractivity contribution in [1.29, 1.82) is 0 Å². The third-order valence-electron chi connectivity index (χ3n) is 9.08. The number of aryl methyl sites for hydroxylation is 2. The van der Waals surface area contributed by atoms with Gasteiger partial charge in [-0.1, -0.05) is 29.8 Å². The van der Waals surface area contributed by atoms with Crippen LogP contribution in [0.3, 0.4) is 0 Å². The zero-order valence-corrected chi connectivity index (χ0v) is 21.2. The first-order chi connectivity index (χ1) is 16.4. The number of hydrogen-bond donors (Lipinski definition) is 1. The number of hydrogen-bond acceptors (Lipinski definition) is 4. The van der Waals surface area contributed by atoms with E-state index < -0.39 is 0 Å². The molecule has 4 nitrogen and oxygen atoms in total. The molecule has 1 N–H and O–H groups in total. The molecule has 2 atom stereocenters. The van der Waals surface area contributed by atoms with E-state index in [1.54, 1.807) is 11.3 Å². The van der Waals surface area contributed by atoms with Crippen LogP contribution >= 0.6 is 11.3 Å². The number of rotatable bonds is 5. The third-order valence-corrected chi connectivity index (χ3v) is 10.3. The fourth-order valence-electron chi connectivity index (χ4n) is 8.08. The second kappa shape index (κ2) is 8.22. The van der Waals surface area contributed by atoms with Crippen LogP contribution < -0.4 is 5.32 Å². The predicted octanol–water partition coefficient (Wildman–Crippen LogP) is 6.59. The number of ether oxygens (including phenoxy) is 1. The molecule has 1 amide bonds. The number of benzene rings is 1. The van der Waals surface area contributed by atoms with Gasteiger partial charge in [-0.15, -0.1) is 11.3 Å². The van der Waals surface area contributed by atoms with Crippen molar-refractivity contribution in [2.45, 2.75) is 83.5 Å². The molecule has 1 aromatic carbocycles. The van der Waals surface area contributed by atoms with E-state index in [2.05, 4.69) is 36.5 Å². The van der Waals surface area contributed by atoms with Crippen molar-refractivity contribution < 1.29 is 14.3 Å². The number of carbonyl (C=O) groups excluding carboxylic acids is 2. The fraction of sp³-hybridized carbons (Fsp3) is 0.586. The summed E-state index contributed by atoms with van der Waals surface area (Å²) in [6, 6.07) is 9.06. The van der Waals surface area contributed by atoms with Gasteiger partial charge in [0.2, 0.25) is 5.91 Å². The molecule has 7 rings (SSSR count). The van der Waals surface area contributed by atoms with E-state index in [0.717, 1.165) is 55.5 Å². The number of thiophene rings is 1. The van der Waals surface area contributed by atoms with Crippen molar-refractivity contribution in [1.82, 2.24) is 0 Å². The summed E-state index contributed by atoms with van der Waals surface area (Å²) in [5.74, 6) is 1.10. The van der Waals surface area contributed by atoms with Gasteiger partial charge in [0.05, 0.1) is 17.6 Å². The molecule has 2 aromatic rings. The minimum absolute atomic E-state index is 0.119. The molecule has 5 heteroatoms. The fourth-order valence-corrected chi connectivity index (χ4v) is 9.35. The molecule has 5 aliphatic carbocycles. The summed E-state index contributed by atoms with van der Waals surface area (Å²) in [5, 5.41) is 4.05. The highest BCUT2D eigenvalue weighted by molar-refractivity contribution is 7.17. The molecule has 1 heterocycles. The summed E-state index contributed by atoms with van der Waals surface area (Å²) in [4.78, 5) is 28.3. The van der Waals surface area contributed by atoms with Crippen LogP contribution in [0, 0.1) is 24.2 Å². The molecule has 2 unspecified atom stereocenters. The molecule has 1 aromatic heterocycles. The molecule has 0 aliphatic heterocycles. The summed E-state index contributed by atoms with van der Waals surface area (Å²) in [7, 11) is 0. The third kappa shape index (κ3) is 3.54. The van der Waals surface area contributed by atoms with Crippen LogP contribution in [0.15, 0.2) is 24.3 Å². The summed E-state index contributed by atoms with van der Waals surface area (Å²) in [5.41, 5.74) is 4.25. The van der Waals surface area contributed by atoms with Gasteiger partial charge in [0.25, 0.3) is 0 Å². The van der Waals surface area contributed by atoms with Crippen molar-refractivity contribution in [2.24, 2.45) is 17.3 Å². The van der Waals surface area contributed by atoms with Crippen molar-refractivity contribution in [3.63, 3.8) is 0 Å². The average Bonchev–Trinajstić information content (AvgIpc) is 3.16. The van der Waals surface area contributed by atoms with Crippen LogP contribution in [0.2, 0.25) is 0 Å². The lowest BCUT2D eigenvalue weighted by Crippen LogP contribution is -2.58. The van der Waals surface area contributed by atoms with Crippen molar-refractivity contribution in [3.8, 4) is 0 Å². The van der Waals surface area contributed by atoms with Gasteiger partial charge in [-0.25, -0.2) is 4.79 Å². The summed E-state index contributed by atoms with van der Waals surface area (Å²) >= 11 is 1.61. The van der Waals surface area contributed by atoms with Gasteiger partial charge < -0.3 is 10.1 Å². The van der Waals surface area contributed by atoms with E-state index in [-0.39, 0.29) is 22.7 Å². The van der Waals surface area contributed by atoms with Crippen LogP contribution in [0.5, 0.6) is 0 Å². The van der Waals surface area contributed by atoms with E-state index in [9.17, 15) is 9.59 Å². The topological polar surface area (TPSA) is 55.4 Å². The summed E-state index contributed by atoms with van der Waals surface area (Å²) in [6.45, 7) is 4.33. The Hall–Kier alpha value is -2.14. The Morgan fingerprint density at radius 1 is 1.06 bits per heavy atom.